The SMILES string of the molecule is CC(c1cccs1)N(C)C(=O)NCc1nc(C(=O)O)cs1. The first-order chi connectivity index (χ1) is 9.99. The Labute approximate surface area is 130 Å². The summed E-state index contributed by atoms with van der Waals surface area (Å²) in [6.07, 6.45) is 0. The van der Waals surface area contributed by atoms with Gasteiger partial charge in [0.2, 0.25) is 0 Å². The molecule has 0 aromatic carbocycles. The van der Waals surface area contributed by atoms with E-state index in [-0.39, 0.29) is 24.3 Å². The zero-order chi connectivity index (χ0) is 15.4. The number of hydrogen-bond acceptors (Lipinski definition) is 5. The first kappa shape index (κ1) is 15.5. The molecule has 1 atom stereocenters. The molecule has 0 saturated carbocycles. The van der Waals surface area contributed by atoms with Crippen molar-refractivity contribution in [1.29, 1.82) is 0 Å². The molecule has 2 heterocycles. The Kier molecular flexibility index (Phi) is 4.92. The van der Waals surface area contributed by atoms with Crippen LogP contribution in [0.25, 0.3) is 0 Å². The standard InChI is InChI=1S/C13H15N3O3S2/c1-8(10-4-3-5-20-10)16(2)13(19)14-6-11-15-9(7-21-11)12(17)18/h3-5,7-8H,6H2,1-2H3,(H,14,19)(H,17,18). The van der Waals surface area contributed by atoms with Crippen molar-refractivity contribution in [2.75, 3.05) is 7.05 Å². The monoisotopic (exact) mass is 325 g/mol. The van der Waals surface area contributed by atoms with Crippen LogP contribution >= 0.6 is 22.7 Å². The van der Waals surface area contributed by atoms with Gasteiger partial charge in [0.25, 0.3) is 0 Å². The van der Waals surface area contributed by atoms with Gasteiger partial charge < -0.3 is 15.3 Å². The minimum atomic E-state index is -1.06. The van der Waals surface area contributed by atoms with Crippen molar-refractivity contribution in [3.63, 3.8) is 0 Å². The lowest BCUT2D eigenvalue weighted by atomic mass is 10.2. The molecule has 2 rings (SSSR count). The summed E-state index contributed by atoms with van der Waals surface area (Å²) in [7, 11) is 1.73. The summed E-state index contributed by atoms with van der Waals surface area (Å²) in [5.41, 5.74) is 0.00422. The van der Waals surface area contributed by atoms with Crippen LogP contribution in [0.3, 0.4) is 0 Å². The molecule has 6 nitrogen and oxygen atoms in total. The van der Waals surface area contributed by atoms with Gasteiger partial charge in [-0.25, -0.2) is 14.6 Å². The summed E-state index contributed by atoms with van der Waals surface area (Å²) in [5.74, 6) is -1.06. The number of amides is 2. The van der Waals surface area contributed by atoms with E-state index in [9.17, 15) is 9.59 Å². The summed E-state index contributed by atoms with van der Waals surface area (Å²) in [6.45, 7) is 2.18. The van der Waals surface area contributed by atoms with E-state index < -0.39 is 5.97 Å². The van der Waals surface area contributed by atoms with Crippen LogP contribution in [0.4, 0.5) is 4.79 Å². The van der Waals surface area contributed by atoms with Crippen LogP contribution in [0.15, 0.2) is 22.9 Å². The number of rotatable bonds is 5. The third-order valence-electron chi connectivity index (χ3n) is 3.02. The summed E-state index contributed by atoms with van der Waals surface area (Å²) in [5, 5.41) is 15.5. The Hall–Kier alpha value is -1.93. The Bertz CT molecular complexity index is 624. The number of thiophene rings is 1. The maximum atomic E-state index is 12.1. The average Bonchev–Trinajstić information content (AvgIpc) is 3.13. The van der Waals surface area contributed by atoms with Crippen LogP contribution < -0.4 is 5.32 Å². The van der Waals surface area contributed by atoms with Crippen molar-refractivity contribution in [3.05, 3.63) is 38.5 Å². The Morgan fingerprint density at radius 2 is 2.24 bits per heavy atom. The molecule has 8 heteroatoms. The number of carbonyl (C=O) groups is 2. The average molecular weight is 325 g/mol. The fourth-order valence-corrected chi connectivity index (χ4v) is 3.20. The smallest absolute Gasteiger partial charge is 0.355 e. The Morgan fingerprint density at radius 1 is 1.48 bits per heavy atom. The summed E-state index contributed by atoms with van der Waals surface area (Å²) < 4.78 is 0. The van der Waals surface area contributed by atoms with Gasteiger partial charge in [-0.15, -0.1) is 22.7 Å². The van der Waals surface area contributed by atoms with E-state index in [1.807, 2.05) is 24.4 Å². The van der Waals surface area contributed by atoms with E-state index in [0.29, 0.717) is 5.01 Å². The maximum Gasteiger partial charge on any atom is 0.355 e. The molecule has 112 valence electrons. The molecule has 2 N–H and O–H groups in total. The van der Waals surface area contributed by atoms with Crippen LogP contribution in [0.5, 0.6) is 0 Å². The van der Waals surface area contributed by atoms with Gasteiger partial charge in [-0.3, -0.25) is 0 Å². The molecule has 21 heavy (non-hydrogen) atoms. The molecule has 2 aromatic rings. The van der Waals surface area contributed by atoms with Crippen LogP contribution in [0.1, 0.15) is 33.3 Å². The first-order valence-corrected chi connectivity index (χ1v) is 7.96. The minimum Gasteiger partial charge on any atom is -0.476 e. The van der Waals surface area contributed by atoms with Gasteiger partial charge in [0, 0.05) is 17.3 Å². The molecule has 0 bridgehead atoms. The fraction of sp³-hybridized carbons (Fsp3) is 0.308. The molecule has 0 aliphatic carbocycles. The van der Waals surface area contributed by atoms with Crippen LogP contribution in [0.2, 0.25) is 0 Å². The van der Waals surface area contributed by atoms with E-state index in [4.69, 9.17) is 5.11 Å². The lowest BCUT2D eigenvalue weighted by Gasteiger charge is -2.24. The van der Waals surface area contributed by atoms with E-state index in [1.165, 1.54) is 16.7 Å². The number of hydrogen-bond donors (Lipinski definition) is 2. The number of carboxylic acid groups (broad SMARTS) is 1. The molecule has 0 saturated heterocycles. The summed E-state index contributed by atoms with van der Waals surface area (Å²) in [6, 6.07) is 3.70. The summed E-state index contributed by atoms with van der Waals surface area (Å²) >= 11 is 2.82. The molecule has 0 fully saturated rings. The summed E-state index contributed by atoms with van der Waals surface area (Å²) in [4.78, 5) is 29.4. The predicted octanol–water partition coefficient (Wildman–Crippen LogP) is 2.81. The van der Waals surface area contributed by atoms with E-state index >= 15 is 0 Å². The third-order valence-corrected chi connectivity index (χ3v) is 4.91. The first-order valence-electron chi connectivity index (χ1n) is 6.20. The highest BCUT2D eigenvalue weighted by molar-refractivity contribution is 7.10. The maximum absolute atomic E-state index is 12.1. The molecular weight excluding hydrogens is 310 g/mol. The topological polar surface area (TPSA) is 82.5 Å². The number of aromatic carboxylic acids is 1. The quantitative estimate of drug-likeness (QED) is 0.885. The number of urea groups is 1. The molecule has 2 amide bonds. The molecule has 0 aliphatic rings. The van der Waals surface area contributed by atoms with Crippen LogP contribution in [-0.2, 0) is 6.54 Å². The number of carbonyl (C=O) groups excluding carboxylic acids is 1. The molecular formula is C13H15N3O3S2. The van der Waals surface area contributed by atoms with Crippen LogP contribution in [0, 0.1) is 0 Å². The van der Waals surface area contributed by atoms with Crippen LogP contribution in [-0.4, -0.2) is 34.0 Å². The minimum absolute atomic E-state index is 0.00422. The number of nitrogens with one attached hydrogen (secondary N) is 1. The Morgan fingerprint density at radius 3 is 2.81 bits per heavy atom. The van der Waals surface area contributed by atoms with Gasteiger partial charge in [0.05, 0.1) is 12.6 Å². The zero-order valence-corrected chi connectivity index (χ0v) is 13.2. The number of carboxylic acids is 1. The second-order valence-corrected chi connectivity index (χ2v) is 6.31. The highest BCUT2D eigenvalue weighted by Gasteiger charge is 2.18. The van der Waals surface area contributed by atoms with E-state index in [0.717, 1.165) is 4.88 Å². The second kappa shape index (κ2) is 6.68. The van der Waals surface area contributed by atoms with Crippen molar-refractivity contribution >= 4 is 34.7 Å². The second-order valence-electron chi connectivity index (χ2n) is 4.39. The van der Waals surface area contributed by atoms with Gasteiger partial charge in [-0.2, -0.15) is 0 Å². The molecule has 2 aromatic heterocycles. The normalized spacial score (nSPS) is 11.9. The van der Waals surface area contributed by atoms with Crippen molar-refractivity contribution < 1.29 is 14.7 Å². The van der Waals surface area contributed by atoms with E-state index in [1.54, 1.807) is 23.3 Å². The number of thiazole rings is 1. The zero-order valence-electron chi connectivity index (χ0n) is 11.6. The van der Waals surface area contributed by atoms with Gasteiger partial charge in [0.15, 0.2) is 5.69 Å². The molecule has 0 spiro atoms. The lowest BCUT2D eigenvalue weighted by Crippen LogP contribution is -2.38. The van der Waals surface area contributed by atoms with Crippen molar-refractivity contribution in [3.8, 4) is 0 Å². The Balaban J connectivity index is 1.90. The van der Waals surface area contributed by atoms with Gasteiger partial charge in [-0.1, -0.05) is 6.07 Å². The molecule has 1 unspecified atom stereocenters. The van der Waals surface area contributed by atoms with Gasteiger partial charge in [0.1, 0.15) is 5.01 Å². The lowest BCUT2D eigenvalue weighted by molar-refractivity contribution is 0.0691. The van der Waals surface area contributed by atoms with Crippen molar-refractivity contribution in [2.45, 2.75) is 19.5 Å². The number of nitrogens with zero attached hydrogens (tertiary/aromatic N) is 2. The predicted molar refractivity (Wildman–Crippen MR) is 81.8 cm³/mol. The highest BCUT2D eigenvalue weighted by atomic mass is 32.1. The van der Waals surface area contributed by atoms with Crippen molar-refractivity contribution in [1.82, 2.24) is 15.2 Å². The fourth-order valence-electron chi connectivity index (χ4n) is 1.66. The van der Waals surface area contributed by atoms with E-state index in [2.05, 4.69) is 10.3 Å². The number of aromatic nitrogens is 1. The van der Waals surface area contributed by atoms with Gasteiger partial charge >= 0.3 is 12.0 Å². The molecule has 0 aliphatic heterocycles. The third kappa shape index (κ3) is 3.79. The largest absolute Gasteiger partial charge is 0.476 e. The molecule has 0 radical (unpaired) electrons. The van der Waals surface area contributed by atoms with Crippen molar-refractivity contribution in [2.24, 2.45) is 0 Å². The van der Waals surface area contributed by atoms with Gasteiger partial charge in [-0.05, 0) is 18.4 Å². The highest BCUT2D eigenvalue weighted by Crippen LogP contribution is 2.23.